The summed E-state index contributed by atoms with van der Waals surface area (Å²) in [6, 6.07) is 16.0. The Morgan fingerprint density at radius 1 is 0.857 bits per heavy atom. The quantitative estimate of drug-likeness (QED) is 0.273. The van der Waals surface area contributed by atoms with E-state index in [1.54, 1.807) is 13.8 Å². The van der Waals surface area contributed by atoms with Crippen LogP contribution >= 0.6 is 7.60 Å². The number of hydrogen-bond donors (Lipinski definition) is 2. The smallest absolute Gasteiger partial charge is 0.345 e. The van der Waals surface area contributed by atoms with Gasteiger partial charge in [0.15, 0.2) is 13.2 Å². The van der Waals surface area contributed by atoms with Crippen LogP contribution < -0.4 is 5.32 Å². The first kappa shape index (κ1) is 28.2. The van der Waals surface area contributed by atoms with E-state index in [0.717, 1.165) is 16.7 Å². The van der Waals surface area contributed by atoms with Crippen LogP contribution in [0.1, 0.15) is 19.4 Å². The maximum Gasteiger partial charge on any atom is 0.345 e. The van der Waals surface area contributed by atoms with E-state index in [1.165, 1.54) is 0 Å². The Morgan fingerprint density at radius 3 is 1.86 bits per heavy atom. The molecule has 0 bridgehead atoms. The summed E-state index contributed by atoms with van der Waals surface area (Å²) in [4.78, 5) is 35.1. The molecular weight excluding hydrogens is 477 g/mol. The summed E-state index contributed by atoms with van der Waals surface area (Å²) >= 11 is 0. The minimum absolute atomic E-state index is 0.0835. The number of rotatable bonds is 15. The van der Waals surface area contributed by atoms with Crippen molar-refractivity contribution >= 4 is 25.5 Å². The molecule has 0 aliphatic heterocycles. The van der Waals surface area contributed by atoms with Crippen molar-refractivity contribution in [1.82, 2.24) is 5.32 Å². The zero-order valence-corrected chi connectivity index (χ0v) is 20.6. The molecule has 0 fully saturated rings. The van der Waals surface area contributed by atoms with Crippen molar-refractivity contribution in [2.45, 2.75) is 26.3 Å². The number of esters is 2. The SMILES string of the molecule is CCOC(=O)COP(=O)(CN[C@@H](Cc1ccc(-c2ccccc2)cc1)C(=O)O)OCC(=O)OCC. The molecule has 190 valence electrons. The van der Waals surface area contributed by atoms with E-state index in [2.05, 4.69) is 5.32 Å². The highest BCUT2D eigenvalue weighted by Gasteiger charge is 2.30. The van der Waals surface area contributed by atoms with Gasteiger partial charge >= 0.3 is 25.5 Å². The lowest BCUT2D eigenvalue weighted by Crippen LogP contribution is -2.39. The molecular formula is C24H30NO9P. The molecule has 0 saturated heterocycles. The van der Waals surface area contributed by atoms with E-state index in [9.17, 15) is 24.1 Å². The normalized spacial score (nSPS) is 12.1. The second-order valence-electron chi connectivity index (χ2n) is 7.29. The molecule has 0 amide bonds. The van der Waals surface area contributed by atoms with Crippen LogP contribution in [0.3, 0.4) is 0 Å². The molecule has 2 N–H and O–H groups in total. The minimum Gasteiger partial charge on any atom is -0.480 e. The van der Waals surface area contributed by atoms with Crippen LogP contribution in [-0.4, -0.2) is 61.8 Å². The fraction of sp³-hybridized carbons (Fsp3) is 0.375. The summed E-state index contributed by atoms with van der Waals surface area (Å²) in [5.41, 5.74) is 2.75. The summed E-state index contributed by atoms with van der Waals surface area (Å²) in [7, 11) is -4.10. The van der Waals surface area contributed by atoms with Gasteiger partial charge in [-0.1, -0.05) is 54.6 Å². The first-order valence-corrected chi connectivity index (χ1v) is 12.8. The second kappa shape index (κ2) is 14.4. The van der Waals surface area contributed by atoms with Gasteiger partial charge in [0.05, 0.1) is 19.5 Å². The Hall–Kier alpha value is -3.04. The van der Waals surface area contributed by atoms with Crippen LogP contribution in [0.2, 0.25) is 0 Å². The number of carboxylic acid groups (broad SMARTS) is 1. The van der Waals surface area contributed by atoms with Gasteiger partial charge in [0.1, 0.15) is 6.04 Å². The molecule has 0 radical (unpaired) electrons. The van der Waals surface area contributed by atoms with Crippen molar-refractivity contribution in [3.05, 3.63) is 60.2 Å². The van der Waals surface area contributed by atoms with Gasteiger partial charge in [-0.05, 0) is 37.0 Å². The zero-order valence-electron chi connectivity index (χ0n) is 19.7. The van der Waals surface area contributed by atoms with Crippen molar-refractivity contribution < 1.29 is 42.6 Å². The molecule has 0 aromatic heterocycles. The number of ether oxygens (including phenoxy) is 2. The topological polar surface area (TPSA) is 137 Å². The summed E-state index contributed by atoms with van der Waals surface area (Å²) in [5.74, 6) is -2.74. The van der Waals surface area contributed by atoms with Crippen molar-refractivity contribution in [3.8, 4) is 11.1 Å². The maximum atomic E-state index is 13.1. The number of carbonyl (C=O) groups is 3. The molecule has 11 heteroatoms. The lowest BCUT2D eigenvalue weighted by molar-refractivity contribution is -0.146. The monoisotopic (exact) mass is 507 g/mol. The van der Waals surface area contributed by atoms with Gasteiger partial charge in [0.2, 0.25) is 0 Å². The second-order valence-corrected chi connectivity index (χ2v) is 9.34. The molecule has 0 saturated carbocycles. The first-order chi connectivity index (χ1) is 16.8. The lowest BCUT2D eigenvalue weighted by Gasteiger charge is -2.21. The lowest BCUT2D eigenvalue weighted by atomic mass is 10.0. The summed E-state index contributed by atoms with van der Waals surface area (Å²) in [5, 5.41) is 12.3. The highest BCUT2D eigenvalue weighted by atomic mass is 31.2. The van der Waals surface area contributed by atoms with Crippen LogP contribution in [0, 0.1) is 0 Å². The van der Waals surface area contributed by atoms with Crippen LogP contribution in [0.5, 0.6) is 0 Å². The number of carbonyl (C=O) groups excluding carboxylic acids is 2. The Kier molecular flexibility index (Phi) is 11.6. The van der Waals surface area contributed by atoms with E-state index in [0.29, 0.717) is 0 Å². The average molecular weight is 507 g/mol. The molecule has 0 heterocycles. The van der Waals surface area contributed by atoms with E-state index in [4.69, 9.17) is 18.5 Å². The largest absolute Gasteiger partial charge is 0.480 e. The molecule has 0 aliphatic carbocycles. The Morgan fingerprint density at radius 2 is 1.37 bits per heavy atom. The van der Waals surface area contributed by atoms with E-state index < -0.39 is 51.0 Å². The third kappa shape index (κ3) is 10.00. The maximum absolute atomic E-state index is 13.1. The highest BCUT2D eigenvalue weighted by Crippen LogP contribution is 2.47. The van der Waals surface area contributed by atoms with Gasteiger partial charge in [-0.3, -0.25) is 23.7 Å². The predicted octanol–water partition coefficient (Wildman–Crippen LogP) is 3.25. The minimum atomic E-state index is -4.10. The Bertz CT molecular complexity index is 985. The summed E-state index contributed by atoms with van der Waals surface area (Å²) in [6.07, 6.45) is -0.467. The molecule has 2 aromatic carbocycles. The number of carboxylic acids is 1. The fourth-order valence-corrected chi connectivity index (χ4v) is 4.31. The van der Waals surface area contributed by atoms with Gasteiger partial charge in [0.25, 0.3) is 0 Å². The highest BCUT2D eigenvalue weighted by molar-refractivity contribution is 7.53. The Balaban J connectivity index is 2.05. The number of hydrogen-bond acceptors (Lipinski definition) is 9. The van der Waals surface area contributed by atoms with Crippen molar-refractivity contribution in [2.75, 3.05) is 32.7 Å². The van der Waals surface area contributed by atoms with E-state index in [-0.39, 0.29) is 19.6 Å². The average Bonchev–Trinajstić information content (AvgIpc) is 2.85. The summed E-state index contributed by atoms with van der Waals surface area (Å²) in [6.45, 7) is 2.01. The first-order valence-electron chi connectivity index (χ1n) is 11.1. The van der Waals surface area contributed by atoms with Gasteiger partial charge in [-0.15, -0.1) is 0 Å². The molecule has 0 spiro atoms. The van der Waals surface area contributed by atoms with Gasteiger partial charge in [0, 0.05) is 0 Å². The van der Waals surface area contributed by atoms with Crippen LogP contribution in [0.25, 0.3) is 11.1 Å². The van der Waals surface area contributed by atoms with E-state index in [1.807, 2.05) is 54.6 Å². The Labute approximate surface area is 204 Å². The predicted molar refractivity (Wildman–Crippen MR) is 128 cm³/mol. The summed E-state index contributed by atoms with van der Waals surface area (Å²) < 4.78 is 32.8. The number of benzene rings is 2. The van der Waals surface area contributed by atoms with Crippen molar-refractivity contribution in [3.63, 3.8) is 0 Å². The molecule has 2 aromatic rings. The molecule has 2 rings (SSSR count). The molecule has 35 heavy (non-hydrogen) atoms. The van der Waals surface area contributed by atoms with Crippen molar-refractivity contribution in [2.24, 2.45) is 0 Å². The van der Waals surface area contributed by atoms with Crippen LogP contribution in [0.4, 0.5) is 0 Å². The standard InChI is InChI=1S/C24H30NO9P/c1-3-31-22(26)15-33-35(30,34-16-23(27)32-4-2)17-25-21(24(28)29)14-18-10-12-20(13-11-18)19-8-6-5-7-9-19/h5-13,21,25H,3-4,14-17H2,1-2H3,(H,28,29)/t21-/m0/s1. The van der Waals surface area contributed by atoms with Crippen LogP contribution in [0.15, 0.2) is 54.6 Å². The van der Waals surface area contributed by atoms with Crippen molar-refractivity contribution in [1.29, 1.82) is 0 Å². The molecule has 0 unspecified atom stereocenters. The van der Waals surface area contributed by atoms with Gasteiger partial charge in [-0.2, -0.15) is 0 Å². The molecule has 1 atom stereocenters. The van der Waals surface area contributed by atoms with Crippen LogP contribution in [-0.2, 0) is 43.9 Å². The van der Waals surface area contributed by atoms with Gasteiger partial charge in [-0.25, -0.2) is 9.59 Å². The fourth-order valence-electron chi connectivity index (χ4n) is 3.00. The van der Waals surface area contributed by atoms with Gasteiger partial charge < -0.3 is 14.6 Å². The number of nitrogens with one attached hydrogen (secondary N) is 1. The molecule has 0 aliphatic rings. The third-order valence-electron chi connectivity index (χ3n) is 4.70. The zero-order chi connectivity index (χ0) is 25.7. The molecule has 10 nitrogen and oxygen atoms in total. The number of aliphatic carboxylic acids is 1. The van der Waals surface area contributed by atoms with E-state index >= 15 is 0 Å². The third-order valence-corrected chi connectivity index (χ3v) is 6.31.